The van der Waals surface area contributed by atoms with Crippen molar-refractivity contribution in [2.24, 2.45) is 7.05 Å². The molecule has 0 unspecified atom stereocenters. The van der Waals surface area contributed by atoms with Crippen LogP contribution >= 0.6 is 0 Å². The van der Waals surface area contributed by atoms with Crippen LogP contribution in [0.3, 0.4) is 0 Å². The van der Waals surface area contributed by atoms with Gasteiger partial charge in [0.05, 0.1) is 10.9 Å². The lowest BCUT2D eigenvalue weighted by Gasteiger charge is -2.04. The second-order valence-corrected chi connectivity index (χ2v) is 5.57. The van der Waals surface area contributed by atoms with Crippen molar-refractivity contribution in [2.75, 3.05) is 0 Å². The molecule has 0 fully saturated rings. The molecule has 108 valence electrons. The number of aromatic nitrogens is 3. The maximum Gasteiger partial charge on any atom is 0.230 e. The molecule has 4 heteroatoms. The Bertz CT molecular complexity index is 1020. The van der Waals surface area contributed by atoms with Gasteiger partial charge in [0.2, 0.25) is 11.4 Å². The zero-order chi connectivity index (χ0) is 15.3. The van der Waals surface area contributed by atoms with Crippen molar-refractivity contribution >= 4 is 22.1 Å². The Morgan fingerprint density at radius 2 is 1.91 bits per heavy atom. The summed E-state index contributed by atoms with van der Waals surface area (Å²) in [6, 6.07) is 10.4. The molecule has 4 rings (SSSR count). The first-order chi connectivity index (χ1) is 10.6. The van der Waals surface area contributed by atoms with E-state index in [-0.39, 0.29) is 0 Å². The predicted octanol–water partition coefficient (Wildman–Crippen LogP) is 3.48. The Hall–Kier alpha value is -2.75. The summed E-state index contributed by atoms with van der Waals surface area (Å²) in [6.07, 6.45) is 3.88. The second-order valence-electron chi connectivity index (χ2n) is 5.57. The third-order valence-electron chi connectivity index (χ3n) is 4.04. The van der Waals surface area contributed by atoms with E-state index in [9.17, 15) is 0 Å². The summed E-state index contributed by atoms with van der Waals surface area (Å²) in [6.45, 7) is 3.97. The van der Waals surface area contributed by atoms with Crippen LogP contribution in [0.1, 0.15) is 11.4 Å². The number of rotatable bonds is 1. The summed E-state index contributed by atoms with van der Waals surface area (Å²) in [4.78, 5) is 8.71. The molecule has 0 amide bonds. The number of aryl methyl sites for hydroxylation is 3. The van der Waals surface area contributed by atoms with E-state index < -0.39 is 0 Å². The molecule has 0 N–H and O–H groups in total. The highest BCUT2D eigenvalue weighted by molar-refractivity contribution is 6.08. The smallest absolute Gasteiger partial charge is 0.230 e. The highest BCUT2D eigenvalue weighted by atomic mass is 16.3. The molecule has 0 bridgehead atoms. The van der Waals surface area contributed by atoms with Crippen molar-refractivity contribution in [3.63, 3.8) is 0 Å². The molecular weight excluding hydrogens is 274 g/mol. The molecule has 3 heterocycles. The maximum atomic E-state index is 6.09. The number of nitrogens with zero attached hydrogens (tertiary/aromatic N) is 3. The van der Waals surface area contributed by atoms with Gasteiger partial charge in [-0.05, 0) is 25.5 Å². The van der Waals surface area contributed by atoms with Gasteiger partial charge in [0, 0.05) is 23.7 Å². The first-order valence-electron chi connectivity index (χ1n) is 7.25. The molecule has 0 spiro atoms. The summed E-state index contributed by atoms with van der Waals surface area (Å²) in [7, 11) is 2.04. The summed E-state index contributed by atoms with van der Waals surface area (Å²) < 4.78 is 8.19. The van der Waals surface area contributed by atoms with E-state index in [4.69, 9.17) is 4.42 Å². The molecule has 1 aromatic carbocycles. The minimum atomic E-state index is 0.646. The summed E-state index contributed by atoms with van der Waals surface area (Å²) in [5.41, 5.74) is 4.92. The lowest BCUT2D eigenvalue weighted by atomic mass is 10.0. The standard InChI is InChI=1S/C18H16N3O/c1-11-7-8-13-14-10-19-12(2)20-18(14)22-17(13)16(11)15-6-4-5-9-21(15)3/h4-10H,1-3H3/q+1. The largest absolute Gasteiger partial charge is 0.437 e. The first kappa shape index (κ1) is 13.0. The third-order valence-corrected chi connectivity index (χ3v) is 4.04. The Balaban J connectivity index is 2.16. The SMILES string of the molecule is Cc1ncc2c(n1)oc1c(-c3cccc[n+]3C)c(C)ccc12. The molecule has 0 aliphatic rings. The molecule has 0 aliphatic carbocycles. The lowest BCUT2D eigenvalue weighted by molar-refractivity contribution is -0.660. The summed E-state index contributed by atoms with van der Waals surface area (Å²) >= 11 is 0. The minimum Gasteiger partial charge on any atom is -0.437 e. The van der Waals surface area contributed by atoms with Gasteiger partial charge in [0.15, 0.2) is 11.8 Å². The van der Waals surface area contributed by atoms with Crippen molar-refractivity contribution < 1.29 is 8.98 Å². The van der Waals surface area contributed by atoms with Gasteiger partial charge < -0.3 is 4.42 Å². The van der Waals surface area contributed by atoms with Crippen molar-refractivity contribution in [1.82, 2.24) is 9.97 Å². The fourth-order valence-corrected chi connectivity index (χ4v) is 2.91. The third kappa shape index (κ3) is 1.80. The fraction of sp³-hybridized carbons (Fsp3) is 0.167. The van der Waals surface area contributed by atoms with E-state index >= 15 is 0 Å². The van der Waals surface area contributed by atoms with E-state index in [1.807, 2.05) is 38.5 Å². The molecule has 0 saturated heterocycles. The van der Waals surface area contributed by atoms with Crippen molar-refractivity contribution in [1.29, 1.82) is 0 Å². The summed E-state index contributed by atoms with van der Waals surface area (Å²) in [5, 5.41) is 2.01. The van der Waals surface area contributed by atoms with Gasteiger partial charge in [0.1, 0.15) is 12.9 Å². The number of hydrogen-bond acceptors (Lipinski definition) is 3. The Labute approximate surface area is 128 Å². The first-order valence-corrected chi connectivity index (χ1v) is 7.25. The molecule has 0 saturated carbocycles. The quantitative estimate of drug-likeness (QED) is 0.504. The van der Waals surface area contributed by atoms with Crippen LogP contribution in [-0.2, 0) is 7.05 Å². The number of hydrogen-bond donors (Lipinski definition) is 0. The molecule has 4 aromatic rings. The Morgan fingerprint density at radius 1 is 1.05 bits per heavy atom. The normalized spacial score (nSPS) is 11.4. The van der Waals surface area contributed by atoms with E-state index in [2.05, 4.69) is 39.7 Å². The Morgan fingerprint density at radius 3 is 2.73 bits per heavy atom. The van der Waals surface area contributed by atoms with E-state index in [1.54, 1.807) is 0 Å². The predicted molar refractivity (Wildman–Crippen MR) is 85.4 cm³/mol. The maximum absolute atomic E-state index is 6.09. The fourth-order valence-electron chi connectivity index (χ4n) is 2.91. The van der Waals surface area contributed by atoms with Crippen LogP contribution in [0.2, 0.25) is 0 Å². The average molecular weight is 290 g/mol. The number of fused-ring (bicyclic) bond motifs is 3. The molecular formula is C18H16N3O+. The average Bonchev–Trinajstić information content (AvgIpc) is 2.85. The van der Waals surface area contributed by atoms with Gasteiger partial charge in [0.25, 0.3) is 0 Å². The topological polar surface area (TPSA) is 42.8 Å². The molecule has 0 atom stereocenters. The molecule has 0 aliphatic heterocycles. The number of furan rings is 1. The summed E-state index contributed by atoms with van der Waals surface area (Å²) in [5.74, 6) is 0.718. The molecule has 0 radical (unpaired) electrons. The van der Waals surface area contributed by atoms with E-state index in [0.717, 1.165) is 33.4 Å². The van der Waals surface area contributed by atoms with Crippen LogP contribution in [0.5, 0.6) is 0 Å². The van der Waals surface area contributed by atoms with Gasteiger partial charge in [-0.2, -0.15) is 4.98 Å². The van der Waals surface area contributed by atoms with Gasteiger partial charge in [-0.25, -0.2) is 9.55 Å². The van der Waals surface area contributed by atoms with Crippen LogP contribution < -0.4 is 4.57 Å². The van der Waals surface area contributed by atoms with Crippen LogP contribution in [0.4, 0.5) is 0 Å². The van der Waals surface area contributed by atoms with E-state index in [1.165, 1.54) is 5.56 Å². The van der Waals surface area contributed by atoms with Crippen molar-refractivity contribution in [2.45, 2.75) is 13.8 Å². The highest BCUT2D eigenvalue weighted by Crippen LogP contribution is 2.35. The molecule has 4 nitrogen and oxygen atoms in total. The van der Waals surface area contributed by atoms with Crippen molar-refractivity contribution in [3.8, 4) is 11.3 Å². The van der Waals surface area contributed by atoms with Crippen LogP contribution in [-0.4, -0.2) is 9.97 Å². The highest BCUT2D eigenvalue weighted by Gasteiger charge is 2.20. The molecule has 22 heavy (non-hydrogen) atoms. The zero-order valence-corrected chi connectivity index (χ0v) is 12.8. The number of benzene rings is 1. The molecule has 3 aromatic heterocycles. The monoisotopic (exact) mass is 290 g/mol. The minimum absolute atomic E-state index is 0.646. The second kappa shape index (κ2) is 4.63. The van der Waals surface area contributed by atoms with E-state index in [0.29, 0.717) is 5.71 Å². The van der Waals surface area contributed by atoms with Crippen LogP contribution in [0.15, 0.2) is 47.1 Å². The Kier molecular flexibility index (Phi) is 2.73. The van der Waals surface area contributed by atoms with Gasteiger partial charge in [-0.3, -0.25) is 0 Å². The van der Waals surface area contributed by atoms with Crippen molar-refractivity contribution in [3.05, 3.63) is 54.1 Å². The zero-order valence-electron chi connectivity index (χ0n) is 12.8. The van der Waals surface area contributed by atoms with Gasteiger partial charge >= 0.3 is 0 Å². The lowest BCUT2D eigenvalue weighted by Crippen LogP contribution is -2.30. The van der Waals surface area contributed by atoms with Crippen LogP contribution in [0, 0.1) is 13.8 Å². The van der Waals surface area contributed by atoms with Gasteiger partial charge in [-0.15, -0.1) is 0 Å². The van der Waals surface area contributed by atoms with Crippen LogP contribution in [0.25, 0.3) is 33.3 Å². The number of pyridine rings is 1. The van der Waals surface area contributed by atoms with Gasteiger partial charge in [-0.1, -0.05) is 12.1 Å².